The molecule has 106 valence electrons. The van der Waals surface area contributed by atoms with Gasteiger partial charge in [-0.05, 0) is 18.8 Å². The summed E-state index contributed by atoms with van der Waals surface area (Å²) in [6, 6.07) is 0. The molecule has 0 amide bonds. The molecule has 1 saturated heterocycles. The van der Waals surface area contributed by atoms with Crippen molar-refractivity contribution in [1.82, 2.24) is 9.21 Å². The van der Waals surface area contributed by atoms with E-state index in [1.165, 1.54) is 19.1 Å². The summed E-state index contributed by atoms with van der Waals surface area (Å²) in [6.07, 6.45) is 4.93. The Bertz CT molecular complexity index is 390. The highest BCUT2D eigenvalue weighted by Gasteiger charge is 2.45. The molecule has 0 aromatic carbocycles. The van der Waals surface area contributed by atoms with Crippen LogP contribution in [0.25, 0.3) is 0 Å². The van der Waals surface area contributed by atoms with Gasteiger partial charge in [-0.1, -0.05) is 13.3 Å². The summed E-state index contributed by atoms with van der Waals surface area (Å²) >= 11 is 0. The van der Waals surface area contributed by atoms with Gasteiger partial charge in [0.25, 0.3) is 0 Å². The number of rotatable bonds is 3. The lowest BCUT2D eigenvalue weighted by Gasteiger charge is -2.47. The Labute approximate surface area is 110 Å². The van der Waals surface area contributed by atoms with Crippen LogP contribution in [-0.2, 0) is 10.0 Å². The monoisotopic (exact) mass is 275 g/mol. The molecule has 1 saturated carbocycles. The molecule has 1 aliphatic carbocycles. The minimum atomic E-state index is -3.04. The largest absolute Gasteiger partial charge is 0.329 e. The van der Waals surface area contributed by atoms with E-state index in [-0.39, 0.29) is 5.54 Å². The third kappa shape index (κ3) is 2.43. The van der Waals surface area contributed by atoms with E-state index in [1.807, 2.05) is 0 Å². The number of nitrogens with two attached hydrogens (primary N) is 1. The highest BCUT2D eigenvalue weighted by atomic mass is 32.2. The standard InChI is InChI=1S/C12H25N3O2S/c1-11-4-3-5-12(11,10-13)14-6-8-15(9-7-14)18(2,16)17/h11H,3-10,13H2,1-2H3. The topological polar surface area (TPSA) is 66.6 Å². The number of hydrogen-bond donors (Lipinski definition) is 1. The first-order chi connectivity index (χ1) is 8.40. The van der Waals surface area contributed by atoms with Gasteiger partial charge in [0.1, 0.15) is 0 Å². The Morgan fingerprint density at radius 3 is 2.28 bits per heavy atom. The summed E-state index contributed by atoms with van der Waals surface area (Å²) in [5, 5.41) is 0. The normalized spacial score (nSPS) is 36.1. The van der Waals surface area contributed by atoms with Gasteiger partial charge in [-0.25, -0.2) is 8.42 Å². The molecule has 0 aromatic heterocycles. The summed E-state index contributed by atoms with van der Waals surface area (Å²) in [5.74, 6) is 0.618. The van der Waals surface area contributed by atoms with Gasteiger partial charge in [0.15, 0.2) is 0 Å². The summed E-state index contributed by atoms with van der Waals surface area (Å²) in [5.41, 5.74) is 6.15. The van der Waals surface area contributed by atoms with Gasteiger partial charge in [-0.2, -0.15) is 4.31 Å². The van der Waals surface area contributed by atoms with Crippen LogP contribution < -0.4 is 5.73 Å². The van der Waals surface area contributed by atoms with Crippen LogP contribution in [0.5, 0.6) is 0 Å². The SMILES string of the molecule is CC1CCCC1(CN)N1CCN(S(C)(=O)=O)CC1. The fourth-order valence-electron chi connectivity index (χ4n) is 3.60. The lowest BCUT2D eigenvalue weighted by molar-refractivity contribution is 0.0354. The first-order valence-electron chi connectivity index (χ1n) is 6.80. The van der Waals surface area contributed by atoms with E-state index in [4.69, 9.17) is 5.73 Å². The first-order valence-corrected chi connectivity index (χ1v) is 8.65. The molecule has 0 bridgehead atoms. The summed E-state index contributed by atoms with van der Waals surface area (Å²) in [7, 11) is -3.04. The van der Waals surface area contributed by atoms with Crippen LogP contribution in [0.1, 0.15) is 26.2 Å². The molecule has 2 rings (SSSR count). The van der Waals surface area contributed by atoms with Gasteiger partial charge in [0.05, 0.1) is 6.26 Å². The third-order valence-corrected chi connectivity index (χ3v) is 6.16. The molecule has 1 heterocycles. The van der Waals surface area contributed by atoms with Crippen molar-refractivity contribution in [2.45, 2.75) is 31.7 Å². The van der Waals surface area contributed by atoms with E-state index in [0.717, 1.165) is 19.5 Å². The Hall–Kier alpha value is -0.170. The van der Waals surface area contributed by atoms with Crippen LogP contribution >= 0.6 is 0 Å². The lowest BCUT2D eigenvalue weighted by Crippen LogP contribution is -2.61. The average Bonchev–Trinajstić information content (AvgIpc) is 2.71. The highest BCUT2D eigenvalue weighted by molar-refractivity contribution is 7.88. The third-order valence-electron chi connectivity index (χ3n) is 4.86. The van der Waals surface area contributed by atoms with Gasteiger partial charge in [-0.15, -0.1) is 0 Å². The van der Waals surface area contributed by atoms with E-state index in [0.29, 0.717) is 25.6 Å². The molecule has 2 fully saturated rings. The van der Waals surface area contributed by atoms with E-state index in [9.17, 15) is 8.42 Å². The molecule has 2 N–H and O–H groups in total. The van der Waals surface area contributed by atoms with Crippen molar-refractivity contribution >= 4 is 10.0 Å². The molecule has 2 unspecified atom stereocenters. The molecular weight excluding hydrogens is 250 g/mol. The van der Waals surface area contributed by atoms with Crippen molar-refractivity contribution in [2.75, 3.05) is 39.0 Å². The van der Waals surface area contributed by atoms with E-state index < -0.39 is 10.0 Å². The number of hydrogen-bond acceptors (Lipinski definition) is 4. The van der Waals surface area contributed by atoms with Crippen molar-refractivity contribution < 1.29 is 8.42 Å². The molecule has 2 aliphatic rings. The van der Waals surface area contributed by atoms with E-state index in [1.54, 1.807) is 4.31 Å². The van der Waals surface area contributed by atoms with Crippen LogP contribution in [-0.4, -0.2) is 62.1 Å². The second-order valence-electron chi connectivity index (χ2n) is 5.75. The second kappa shape index (κ2) is 5.07. The fourth-order valence-corrected chi connectivity index (χ4v) is 4.42. The second-order valence-corrected chi connectivity index (χ2v) is 7.73. The molecular formula is C12H25N3O2S. The average molecular weight is 275 g/mol. The Kier molecular flexibility index (Phi) is 4.02. The molecule has 1 aliphatic heterocycles. The van der Waals surface area contributed by atoms with Crippen LogP contribution in [0.2, 0.25) is 0 Å². The molecule has 0 spiro atoms. The maximum Gasteiger partial charge on any atom is 0.211 e. The maximum absolute atomic E-state index is 11.5. The number of nitrogens with zero attached hydrogens (tertiary/aromatic N) is 2. The van der Waals surface area contributed by atoms with Crippen LogP contribution in [0.15, 0.2) is 0 Å². The predicted octanol–water partition coefficient (Wildman–Crippen LogP) is 0.0811. The van der Waals surface area contributed by atoms with Gasteiger partial charge in [-0.3, -0.25) is 4.90 Å². The summed E-state index contributed by atoms with van der Waals surface area (Å²) < 4.78 is 24.6. The molecule has 2 atom stereocenters. The predicted molar refractivity (Wildman–Crippen MR) is 72.8 cm³/mol. The molecule has 0 radical (unpaired) electrons. The van der Waals surface area contributed by atoms with Crippen LogP contribution in [0.4, 0.5) is 0 Å². The first kappa shape index (κ1) is 14.2. The quantitative estimate of drug-likeness (QED) is 0.792. The minimum Gasteiger partial charge on any atom is -0.329 e. The van der Waals surface area contributed by atoms with Crippen molar-refractivity contribution in [3.8, 4) is 0 Å². The number of piperazine rings is 1. The van der Waals surface area contributed by atoms with Crippen molar-refractivity contribution in [2.24, 2.45) is 11.7 Å². The van der Waals surface area contributed by atoms with Gasteiger partial charge in [0.2, 0.25) is 10.0 Å². The zero-order chi connectivity index (χ0) is 13.4. The molecule has 6 heteroatoms. The zero-order valence-electron chi connectivity index (χ0n) is 11.4. The van der Waals surface area contributed by atoms with Gasteiger partial charge >= 0.3 is 0 Å². The van der Waals surface area contributed by atoms with Crippen molar-refractivity contribution in [1.29, 1.82) is 0 Å². The summed E-state index contributed by atoms with van der Waals surface area (Å²) in [4.78, 5) is 2.44. The van der Waals surface area contributed by atoms with Gasteiger partial charge in [0, 0.05) is 38.3 Å². The van der Waals surface area contributed by atoms with Crippen molar-refractivity contribution in [3.63, 3.8) is 0 Å². The fraction of sp³-hybridized carbons (Fsp3) is 1.00. The Balaban J connectivity index is 2.05. The van der Waals surface area contributed by atoms with Crippen LogP contribution in [0.3, 0.4) is 0 Å². The Morgan fingerprint density at radius 2 is 1.89 bits per heavy atom. The lowest BCUT2D eigenvalue weighted by atomic mass is 9.86. The molecule has 5 nitrogen and oxygen atoms in total. The smallest absolute Gasteiger partial charge is 0.211 e. The van der Waals surface area contributed by atoms with Crippen molar-refractivity contribution in [3.05, 3.63) is 0 Å². The number of sulfonamides is 1. The summed E-state index contributed by atoms with van der Waals surface area (Å²) in [6.45, 7) is 5.81. The van der Waals surface area contributed by atoms with Gasteiger partial charge < -0.3 is 5.73 Å². The highest BCUT2D eigenvalue weighted by Crippen LogP contribution is 2.40. The molecule has 0 aromatic rings. The maximum atomic E-state index is 11.5. The Morgan fingerprint density at radius 1 is 1.28 bits per heavy atom. The minimum absolute atomic E-state index is 0.115. The van der Waals surface area contributed by atoms with E-state index in [2.05, 4.69) is 11.8 Å². The zero-order valence-corrected chi connectivity index (χ0v) is 12.2. The van der Waals surface area contributed by atoms with E-state index >= 15 is 0 Å². The molecule has 18 heavy (non-hydrogen) atoms. The van der Waals surface area contributed by atoms with Crippen LogP contribution in [0, 0.1) is 5.92 Å².